The molecule has 0 aromatic heterocycles. The van der Waals surface area contributed by atoms with Crippen LogP contribution in [0.5, 0.6) is 0 Å². The largest absolute Gasteiger partial charge is 0.361 e. The van der Waals surface area contributed by atoms with E-state index in [1.807, 2.05) is 11.8 Å². The molecule has 1 aliphatic heterocycles. The average Bonchev–Trinajstić information content (AvgIpc) is 2.32. The highest BCUT2D eigenvalue weighted by Gasteiger charge is 2.27. The van der Waals surface area contributed by atoms with Crippen LogP contribution in [-0.2, 0) is 0 Å². The van der Waals surface area contributed by atoms with Crippen LogP contribution in [0.4, 0.5) is 5.69 Å². The van der Waals surface area contributed by atoms with Gasteiger partial charge in [-0.15, -0.1) is 11.8 Å². The van der Waals surface area contributed by atoms with Gasteiger partial charge < -0.3 is 5.32 Å². The van der Waals surface area contributed by atoms with Crippen LogP contribution in [-0.4, -0.2) is 17.8 Å². The molecule has 1 aromatic rings. The van der Waals surface area contributed by atoms with Crippen LogP contribution in [0.25, 0.3) is 0 Å². The lowest BCUT2D eigenvalue weighted by atomic mass is 9.96. The molecule has 3 heteroatoms. The van der Waals surface area contributed by atoms with E-state index in [0.29, 0.717) is 16.8 Å². The number of para-hydroxylation sites is 1. The van der Waals surface area contributed by atoms with Crippen molar-refractivity contribution in [2.24, 2.45) is 5.41 Å². The number of nitrogens with one attached hydrogen (secondary N) is 2. The van der Waals surface area contributed by atoms with Crippen molar-refractivity contribution in [3.63, 3.8) is 0 Å². The molecule has 0 aliphatic carbocycles. The maximum atomic E-state index is 3.62. The van der Waals surface area contributed by atoms with Gasteiger partial charge in [0.15, 0.2) is 0 Å². The molecule has 0 amide bonds. The Hall–Kier alpha value is -0.670. The smallest absolute Gasteiger partial charge is 0.125 e. The Bertz CT molecular complexity index is 391. The van der Waals surface area contributed by atoms with E-state index >= 15 is 0 Å². The Balaban J connectivity index is 2.02. The predicted octanol–water partition coefficient (Wildman–Crippen LogP) is 3.87. The lowest BCUT2D eigenvalue weighted by Crippen LogP contribution is -2.46. The highest BCUT2D eigenvalue weighted by Crippen LogP contribution is 2.31. The van der Waals surface area contributed by atoms with E-state index in [1.165, 1.54) is 17.0 Å². The number of hydrogen-bond donors (Lipinski definition) is 2. The molecule has 18 heavy (non-hydrogen) atoms. The Morgan fingerprint density at radius 2 is 2.06 bits per heavy atom. The van der Waals surface area contributed by atoms with Crippen LogP contribution in [0.3, 0.4) is 0 Å². The fourth-order valence-corrected chi connectivity index (χ4v) is 3.29. The SMILES string of the molecule is CC(C)c1ccccc1NC1NCC(C)(C)CS1. The molecule has 0 radical (unpaired) electrons. The van der Waals surface area contributed by atoms with Gasteiger partial charge in [-0.1, -0.05) is 45.9 Å². The van der Waals surface area contributed by atoms with Crippen LogP contribution >= 0.6 is 11.8 Å². The van der Waals surface area contributed by atoms with Gasteiger partial charge in [0, 0.05) is 18.0 Å². The van der Waals surface area contributed by atoms with Gasteiger partial charge in [0.25, 0.3) is 0 Å². The van der Waals surface area contributed by atoms with Gasteiger partial charge in [0.2, 0.25) is 0 Å². The molecule has 1 aliphatic rings. The minimum absolute atomic E-state index is 0.331. The van der Waals surface area contributed by atoms with E-state index in [-0.39, 0.29) is 0 Å². The molecule has 1 saturated heterocycles. The first-order valence-electron chi connectivity index (χ1n) is 6.68. The Kier molecular flexibility index (Phi) is 4.23. The number of rotatable bonds is 3. The third-order valence-corrected chi connectivity index (χ3v) is 4.84. The van der Waals surface area contributed by atoms with Gasteiger partial charge in [-0.3, -0.25) is 5.32 Å². The predicted molar refractivity (Wildman–Crippen MR) is 82.2 cm³/mol. The molecule has 0 bridgehead atoms. The van der Waals surface area contributed by atoms with Gasteiger partial charge >= 0.3 is 0 Å². The first-order chi connectivity index (χ1) is 8.48. The molecular formula is C15H24N2S. The highest BCUT2D eigenvalue weighted by molar-refractivity contribution is 8.00. The molecule has 2 nitrogen and oxygen atoms in total. The summed E-state index contributed by atoms with van der Waals surface area (Å²) in [4.78, 5) is 0. The van der Waals surface area contributed by atoms with E-state index < -0.39 is 0 Å². The van der Waals surface area contributed by atoms with E-state index in [0.717, 1.165) is 6.54 Å². The third-order valence-electron chi connectivity index (χ3n) is 3.28. The normalized spacial score (nSPS) is 23.1. The third kappa shape index (κ3) is 3.42. The second-order valence-electron chi connectivity index (χ2n) is 6.12. The summed E-state index contributed by atoms with van der Waals surface area (Å²) in [6, 6.07) is 8.61. The molecular weight excluding hydrogens is 240 g/mol. The lowest BCUT2D eigenvalue weighted by Gasteiger charge is -2.36. The zero-order valence-corrected chi connectivity index (χ0v) is 12.6. The molecule has 2 rings (SSSR count). The second kappa shape index (κ2) is 5.54. The summed E-state index contributed by atoms with van der Waals surface area (Å²) in [6.45, 7) is 10.2. The van der Waals surface area contributed by atoms with Crippen LogP contribution in [0.2, 0.25) is 0 Å². The lowest BCUT2D eigenvalue weighted by molar-refractivity contribution is 0.374. The fourth-order valence-electron chi connectivity index (χ4n) is 2.15. The summed E-state index contributed by atoms with van der Waals surface area (Å²) in [5.41, 5.74) is 3.39. The van der Waals surface area contributed by atoms with Crippen molar-refractivity contribution in [3.05, 3.63) is 29.8 Å². The number of thioether (sulfide) groups is 1. The van der Waals surface area contributed by atoms with Crippen LogP contribution in [0, 0.1) is 5.41 Å². The van der Waals surface area contributed by atoms with Crippen molar-refractivity contribution in [2.45, 2.75) is 39.1 Å². The van der Waals surface area contributed by atoms with Crippen molar-refractivity contribution in [2.75, 3.05) is 17.6 Å². The highest BCUT2D eigenvalue weighted by atomic mass is 32.2. The standard InChI is InChI=1S/C15H24N2S/c1-11(2)12-7-5-6-8-13(12)17-14-16-9-15(3,4)10-18-14/h5-8,11,14,16-17H,9-10H2,1-4H3. The molecule has 1 aromatic carbocycles. The van der Waals surface area contributed by atoms with Crippen LogP contribution in [0.1, 0.15) is 39.2 Å². The van der Waals surface area contributed by atoms with Crippen molar-refractivity contribution in [1.29, 1.82) is 0 Å². The van der Waals surface area contributed by atoms with Gasteiger partial charge in [-0.05, 0) is 23.0 Å². The Morgan fingerprint density at radius 3 is 2.67 bits per heavy atom. The molecule has 1 unspecified atom stereocenters. The van der Waals surface area contributed by atoms with Crippen molar-refractivity contribution in [3.8, 4) is 0 Å². The Labute approximate surface area is 115 Å². The molecule has 2 N–H and O–H groups in total. The van der Waals surface area contributed by atoms with Gasteiger partial charge in [-0.25, -0.2) is 0 Å². The number of anilines is 1. The second-order valence-corrected chi connectivity index (χ2v) is 7.22. The summed E-state index contributed by atoms with van der Waals surface area (Å²) >= 11 is 1.96. The summed E-state index contributed by atoms with van der Waals surface area (Å²) in [7, 11) is 0. The number of hydrogen-bond acceptors (Lipinski definition) is 3. The van der Waals surface area contributed by atoms with Gasteiger partial charge in [-0.2, -0.15) is 0 Å². The topological polar surface area (TPSA) is 24.1 Å². The molecule has 1 fully saturated rings. The van der Waals surface area contributed by atoms with Crippen molar-refractivity contribution in [1.82, 2.24) is 5.32 Å². The maximum absolute atomic E-state index is 3.62. The molecule has 0 saturated carbocycles. The summed E-state index contributed by atoms with van der Waals surface area (Å²) in [5, 5.41) is 7.20. The summed E-state index contributed by atoms with van der Waals surface area (Å²) in [6.07, 6.45) is 0. The van der Waals surface area contributed by atoms with E-state index in [4.69, 9.17) is 0 Å². The minimum Gasteiger partial charge on any atom is -0.361 e. The molecule has 0 spiro atoms. The van der Waals surface area contributed by atoms with E-state index in [1.54, 1.807) is 0 Å². The van der Waals surface area contributed by atoms with E-state index in [2.05, 4.69) is 62.6 Å². The van der Waals surface area contributed by atoms with Gasteiger partial charge in [0.05, 0.1) is 0 Å². The monoisotopic (exact) mass is 264 g/mol. The number of benzene rings is 1. The Morgan fingerprint density at radius 1 is 1.33 bits per heavy atom. The summed E-state index contributed by atoms with van der Waals surface area (Å²) < 4.78 is 0. The maximum Gasteiger partial charge on any atom is 0.125 e. The molecule has 1 heterocycles. The fraction of sp³-hybridized carbons (Fsp3) is 0.600. The molecule has 100 valence electrons. The quantitative estimate of drug-likeness (QED) is 0.866. The van der Waals surface area contributed by atoms with Crippen molar-refractivity contribution >= 4 is 17.4 Å². The zero-order valence-electron chi connectivity index (χ0n) is 11.8. The molecule has 1 atom stereocenters. The zero-order chi connectivity index (χ0) is 13.2. The van der Waals surface area contributed by atoms with Crippen molar-refractivity contribution < 1.29 is 0 Å². The van der Waals surface area contributed by atoms with E-state index in [9.17, 15) is 0 Å². The van der Waals surface area contributed by atoms with Crippen LogP contribution in [0.15, 0.2) is 24.3 Å². The van der Waals surface area contributed by atoms with Gasteiger partial charge in [0.1, 0.15) is 5.50 Å². The first-order valence-corrected chi connectivity index (χ1v) is 7.73. The van der Waals surface area contributed by atoms with Crippen LogP contribution < -0.4 is 10.6 Å². The first kappa shape index (κ1) is 13.8. The minimum atomic E-state index is 0.331. The average molecular weight is 264 g/mol. The summed E-state index contributed by atoms with van der Waals surface area (Å²) in [5.74, 6) is 1.75.